The molecule has 0 saturated carbocycles. The van der Waals surface area contributed by atoms with Crippen molar-refractivity contribution < 1.29 is 14.3 Å². The number of nitrogens with one attached hydrogen (secondary N) is 1. The summed E-state index contributed by atoms with van der Waals surface area (Å²) in [6.07, 6.45) is 0.0749. The van der Waals surface area contributed by atoms with E-state index < -0.39 is 5.25 Å². The summed E-state index contributed by atoms with van der Waals surface area (Å²) in [5.41, 5.74) is 1.14. The molecule has 2 aromatic rings. The molecule has 1 heterocycles. The highest BCUT2D eigenvalue weighted by atomic mass is 35.5. The van der Waals surface area contributed by atoms with Crippen LogP contribution in [0.1, 0.15) is 6.42 Å². The maximum absolute atomic E-state index is 12.7. The van der Waals surface area contributed by atoms with Crippen molar-refractivity contribution >= 4 is 63.3 Å². The number of nitrogens with zero attached hydrogens (tertiary/aromatic N) is 2. The Labute approximate surface area is 176 Å². The van der Waals surface area contributed by atoms with Gasteiger partial charge in [-0.05, 0) is 30.3 Å². The number of halogens is 2. The topological polar surface area (TPSA) is 71.0 Å². The first kappa shape index (κ1) is 20.5. The van der Waals surface area contributed by atoms with Gasteiger partial charge in [0.1, 0.15) is 11.0 Å². The van der Waals surface area contributed by atoms with Gasteiger partial charge < -0.3 is 10.1 Å². The van der Waals surface area contributed by atoms with E-state index in [1.54, 1.807) is 50.6 Å². The standard InChI is InChI=1S/C19H17Cl2N3O3S/c1-24-17(25)10-16(18(26)22-12-6-7-14(20)15(21)9-12)28-19(24)23-11-4-3-5-13(8-11)27-2/h3-9,16H,10H2,1-2H3,(H,22,26). The number of carbonyl (C=O) groups excluding carboxylic acids is 2. The molecule has 1 saturated heterocycles. The van der Waals surface area contributed by atoms with E-state index in [0.717, 1.165) is 0 Å². The number of amidine groups is 1. The third kappa shape index (κ3) is 4.79. The van der Waals surface area contributed by atoms with E-state index in [1.807, 2.05) is 6.07 Å². The van der Waals surface area contributed by atoms with Gasteiger partial charge in [-0.1, -0.05) is 41.0 Å². The summed E-state index contributed by atoms with van der Waals surface area (Å²) in [6, 6.07) is 12.0. The predicted molar refractivity (Wildman–Crippen MR) is 114 cm³/mol. The van der Waals surface area contributed by atoms with Gasteiger partial charge in [-0.15, -0.1) is 0 Å². The number of anilines is 1. The Morgan fingerprint density at radius 2 is 2.04 bits per heavy atom. The van der Waals surface area contributed by atoms with Crippen LogP contribution in [0.3, 0.4) is 0 Å². The number of rotatable bonds is 4. The van der Waals surface area contributed by atoms with Gasteiger partial charge >= 0.3 is 0 Å². The van der Waals surface area contributed by atoms with Crippen LogP contribution < -0.4 is 10.1 Å². The molecule has 2 aromatic carbocycles. The number of hydrogen-bond donors (Lipinski definition) is 1. The highest BCUT2D eigenvalue weighted by molar-refractivity contribution is 8.15. The average Bonchev–Trinajstić information content (AvgIpc) is 2.68. The Morgan fingerprint density at radius 3 is 2.75 bits per heavy atom. The molecule has 0 radical (unpaired) electrons. The fourth-order valence-electron chi connectivity index (χ4n) is 2.48. The normalized spacial score (nSPS) is 18.3. The molecule has 1 atom stereocenters. The van der Waals surface area contributed by atoms with Crippen molar-refractivity contribution in [3.8, 4) is 5.75 Å². The lowest BCUT2D eigenvalue weighted by Crippen LogP contribution is -2.43. The molecule has 0 bridgehead atoms. The van der Waals surface area contributed by atoms with Crippen molar-refractivity contribution in [3.05, 3.63) is 52.5 Å². The molecule has 28 heavy (non-hydrogen) atoms. The Hall–Kier alpha value is -2.22. The SMILES string of the molecule is COc1cccc(N=C2SC(C(=O)Nc3ccc(Cl)c(Cl)c3)CC(=O)N2C)c1. The predicted octanol–water partition coefficient (Wildman–Crippen LogP) is 4.59. The number of hydrogen-bond acceptors (Lipinski definition) is 5. The van der Waals surface area contributed by atoms with E-state index in [2.05, 4.69) is 10.3 Å². The van der Waals surface area contributed by atoms with E-state index >= 15 is 0 Å². The van der Waals surface area contributed by atoms with Gasteiger partial charge in [-0.2, -0.15) is 0 Å². The second-order valence-corrected chi connectivity index (χ2v) is 7.96. The van der Waals surface area contributed by atoms with Crippen LogP contribution in [0, 0.1) is 0 Å². The maximum Gasteiger partial charge on any atom is 0.238 e. The van der Waals surface area contributed by atoms with Crippen LogP contribution in [0.25, 0.3) is 0 Å². The van der Waals surface area contributed by atoms with Crippen LogP contribution in [0.15, 0.2) is 47.5 Å². The molecule has 146 valence electrons. The molecule has 0 spiro atoms. The Morgan fingerprint density at radius 1 is 1.25 bits per heavy atom. The summed E-state index contributed by atoms with van der Waals surface area (Å²) in [6.45, 7) is 0. The Bertz CT molecular complexity index is 952. The van der Waals surface area contributed by atoms with Crippen LogP contribution >= 0.6 is 35.0 Å². The average molecular weight is 438 g/mol. The largest absolute Gasteiger partial charge is 0.497 e. The third-order valence-corrected chi connectivity index (χ3v) is 6.01. The first-order chi connectivity index (χ1) is 13.4. The second-order valence-electron chi connectivity index (χ2n) is 5.98. The van der Waals surface area contributed by atoms with Crippen LogP contribution in [0.4, 0.5) is 11.4 Å². The van der Waals surface area contributed by atoms with Gasteiger partial charge in [-0.25, -0.2) is 4.99 Å². The third-order valence-electron chi connectivity index (χ3n) is 4.03. The molecule has 6 nitrogen and oxygen atoms in total. The second kappa shape index (κ2) is 8.86. The fourth-order valence-corrected chi connectivity index (χ4v) is 3.85. The quantitative estimate of drug-likeness (QED) is 0.758. The van der Waals surface area contributed by atoms with Gasteiger partial charge in [0.05, 0.1) is 22.8 Å². The highest BCUT2D eigenvalue weighted by Crippen LogP contribution is 2.31. The van der Waals surface area contributed by atoms with Crippen molar-refractivity contribution in [2.45, 2.75) is 11.7 Å². The minimum atomic E-state index is -0.609. The zero-order valence-corrected chi connectivity index (χ0v) is 17.4. The first-order valence-corrected chi connectivity index (χ1v) is 9.93. The van der Waals surface area contributed by atoms with E-state index in [4.69, 9.17) is 27.9 Å². The number of amides is 2. The van der Waals surface area contributed by atoms with Crippen LogP contribution in [-0.2, 0) is 9.59 Å². The maximum atomic E-state index is 12.7. The number of thioether (sulfide) groups is 1. The van der Waals surface area contributed by atoms with E-state index in [0.29, 0.717) is 32.3 Å². The summed E-state index contributed by atoms with van der Waals surface area (Å²) in [5.74, 6) is 0.170. The summed E-state index contributed by atoms with van der Waals surface area (Å²) in [7, 11) is 3.21. The van der Waals surface area contributed by atoms with Gasteiger partial charge in [-0.3, -0.25) is 14.5 Å². The smallest absolute Gasteiger partial charge is 0.238 e. The summed E-state index contributed by atoms with van der Waals surface area (Å²) in [5, 5.41) is 3.34. The zero-order chi connectivity index (χ0) is 20.3. The molecule has 3 rings (SSSR count). The van der Waals surface area contributed by atoms with Crippen molar-refractivity contribution in [2.24, 2.45) is 4.99 Å². The molecular formula is C19H17Cl2N3O3S. The summed E-state index contributed by atoms with van der Waals surface area (Å²) < 4.78 is 5.19. The van der Waals surface area contributed by atoms with E-state index in [9.17, 15) is 9.59 Å². The molecule has 1 aliphatic heterocycles. The lowest BCUT2D eigenvalue weighted by atomic mass is 10.2. The van der Waals surface area contributed by atoms with Crippen molar-refractivity contribution in [2.75, 3.05) is 19.5 Å². The van der Waals surface area contributed by atoms with E-state index in [-0.39, 0.29) is 18.2 Å². The number of benzene rings is 2. The minimum absolute atomic E-state index is 0.0749. The molecule has 2 amide bonds. The van der Waals surface area contributed by atoms with Gasteiger partial charge in [0.2, 0.25) is 11.8 Å². The number of aliphatic imine (C=N–C) groups is 1. The summed E-state index contributed by atoms with van der Waals surface area (Å²) in [4.78, 5) is 31.0. The Kier molecular flexibility index (Phi) is 6.49. The monoisotopic (exact) mass is 437 g/mol. The van der Waals surface area contributed by atoms with Crippen molar-refractivity contribution in [3.63, 3.8) is 0 Å². The molecule has 0 aliphatic carbocycles. The molecule has 1 aliphatic rings. The van der Waals surface area contributed by atoms with Crippen LogP contribution in [0.5, 0.6) is 5.75 Å². The molecule has 1 N–H and O–H groups in total. The first-order valence-electron chi connectivity index (χ1n) is 8.29. The summed E-state index contributed by atoms with van der Waals surface area (Å²) >= 11 is 13.1. The van der Waals surface area contributed by atoms with Gasteiger partial charge in [0.25, 0.3) is 0 Å². The minimum Gasteiger partial charge on any atom is -0.497 e. The molecule has 9 heteroatoms. The number of carbonyl (C=O) groups is 2. The van der Waals surface area contributed by atoms with E-state index in [1.165, 1.54) is 16.7 Å². The molecule has 1 fully saturated rings. The van der Waals surface area contributed by atoms with Gasteiger partial charge in [0, 0.05) is 25.2 Å². The number of methoxy groups -OCH3 is 1. The lowest BCUT2D eigenvalue weighted by Gasteiger charge is -2.28. The highest BCUT2D eigenvalue weighted by Gasteiger charge is 2.34. The van der Waals surface area contributed by atoms with Crippen LogP contribution in [-0.4, -0.2) is 41.3 Å². The molecule has 0 aromatic heterocycles. The Balaban J connectivity index is 1.79. The van der Waals surface area contributed by atoms with Crippen LogP contribution in [0.2, 0.25) is 10.0 Å². The van der Waals surface area contributed by atoms with Crippen molar-refractivity contribution in [1.29, 1.82) is 0 Å². The number of ether oxygens (including phenoxy) is 1. The molecule has 1 unspecified atom stereocenters. The lowest BCUT2D eigenvalue weighted by molar-refractivity contribution is -0.128. The zero-order valence-electron chi connectivity index (χ0n) is 15.1. The van der Waals surface area contributed by atoms with Crippen molar-refractivity contribution in [1.82, 2.24) is 4.90 Å². The molecular weight excluding hydrogens is 421 g/mol. The fraction of sp³-hybridized carbons (Fsp3) is 0.211. The van der Waals surface area contributed by atoms with Gasteiger partial charge in [0.15, 0.2) is 5.17 Å².